The van der Waals surface area contributed by atoms with Crippen molar-refractivity contribution < 1.29 is 29.0 Å². The number of carbonyl (C=O) groups is 3. The van der Waals surface area contributed by atoms with Gasteiger partial charge in [-0.05, 0) is 40.9 Å². The van der Waals surface area contributed by atoms with Gasteiger partial charge in [0.05, 0.1) is 32.6 Å². The van der Waals surface area contributed by atoms with Gasteiger partial charge in [0.25, 0.3) is 0 Å². The Labute approximate surface area is 251 Å². The summed E-state index contributed by atoms with van der Waals surface area (Å²) in [5.41, 5.74) is 0.239. The van der Waals surface area contributed by atoms with Crippen LogP contribution < -0.4 is 14.8 Å². The van der Waals surface area contributed by atoms with Crippen molar-refractivity contribution in [3.63, 3.8) is 0 Å². The third-order valence-corrected chi connectivity index (χ3v) is 7.45. The van der Waals surface area contributed by atoms with Crippen LogP contribution in [0.1, 0.15) is 72.9 Å². The number of aliphatic carboxylic acids is 1. The van der Waals surface area contributed by atoms with E-state index < -0.39 is 34.7 Å². The Morgan fingerprint density at radius 3 is 2.00 bits per heavy atom. The number of carboxylic acid groups (broad SMARTS) is 1. The van der Waals surface area contributed by atoms with Crippen molar-refractivity contribution in [2.45, 2.75) is 80.9 Å². The molecule has 0 radical (unpaired) electrons. The molecule has 2 aromatic rings. The summed E-state index contributed by atoms with van der Waals surface area (Å²) in [4.78, 5) is 43.1. The lowest BCUT2D eigenvalue weighted by Gasteiger charge is -2.43. The minimum absolute atomic E-state index is 0.0533. The van der Waals surface area contributed by atoms with Gasteiger partial charge in [-0.15, -0.1) is 0 Å². The van der Waals surface area contributed by atoms with Gasteiger partial charge in [-0.25, -0.2) is 0 Å². The summed E-state index contributed by atoms with van der Waals surface area (Å²) in [5.74, 6) is -2.34. The fourth-order valence-electron chi connectivity index (χ4n) is 5.59. The zero-order valence-corrected chi connectivity index (χ0v) is 27.0. The van der Waals surface area contributed by atoms with Gasteiger partial charge in [0, 0.05) is 18.2 Å². The van der Waals surface area contributed by atoms with Crippen molar-refractivity contribution in [3.8, 4) is 11.5 Å². The summed E-state index contributed by atoms with van der Waals surface area (Å²) in [7, 11) is 3.10. The first-order valence-electron chi connectivity index (χ1n) is 14.6. The molecule has 0 saturated heterocycles. The maximum Gasteiger partial charge on any atom is 0.307 e. The molecule has 0 fully saturated rings. The summed E-state index contributed by atoms with van der Waals surface area (Å²) >= 11 is 0. The number of ether oxygens (including phenoxy) is 2. The lowest BCUT2D eigenvalue weighted by molar-refractivity contribution is -0.160. The fraction of sp³-hybridized carbons (Fsp3) is 0.559. The summed E-state index contributed by atoms with van der Waals surface area (Å²) in [6.45, 7) is 15.6. The van der Waals surface area contributed by atoms with Crippen LogP contribution in [0.2, 0.25) is 0 Å². The summed E-state index contributed by atoms with van der Waals surface area (Å²) < 4.78 is 11.0. The van der Waals surface area contributed by atoms with E-state index in [-0.39, 0.29) is 24.3 Å². The Kier molecular flexibility index (Phi) is 12.0. The molecule has 232 valence electrons. The van der Waals surface area contributed by atoms with Crippen molar-refractivity contribution in [1.29, 1.82) is 0 Å². The van der Waals surface area contributed by atoms with Crippen LogP contribution in [0.4, 0.5) is 0 Å². The number of rotatable bonds is 13. The topological polar surface area (TPSA) is 105 Å². The Morgan fingerprint density at radius 2 is 1.52 bits per heavy atom. The van der Waals surface area contributed by atoms with E-state index in [9.17, 15) is 19.5 Å². The zero-order chi connectivity index (χ0) is 31.8. The van der Waals surface area contributed by atoms with E-state index >= 15 is 0 Å². The molecule has 2 N–H and O–H groups in total. The Balaban J connectivity index is 2.71. The van der Waals surface area contributed by atoms with Gasteiger partial charge in [-0.2, -0.15) is 0 Å². The number of carbonyl (C=O) groups excluding carboxylic acids is 2. The monoisotopic (exact) mass is 582 g/mol. The normalized spacial score (nSPS) is 14.1. The van der Waals surface area contributed by atoms with Crippen molar-refractivity contribution in [3.05, 3.63) is 59.7 Å². The van der Waals surface area contributed by atoms with Crippen LogP contribution in [-0.4, -0.2) is 48.1 Å². The maximum absolute atomic E-state index is 14.8. The molecule has 0 aliphatic rings. The average molecular weight is 583 g/mol. The van der Waals surface area contributed by atoms with Crippen LogP contribution in [0.3, 0.4) is 0 Å². The molecule has 2 aromatic carbocycles. The van der Waals surface area contributed by atoms with E-state index in [1.54, 1.807) is 31.3 Å². The second kappa shape index (κ2) is 14.6. The van der Waals surface area contributed by atoms with Crippen LogP contribution in [0.25, 0.3) is 0 Å². The number of carboxylic acids is 1. The van der Waals surface area contributed by atoms with Crippen LogP contribution in [0, 0.1) is 28.6 Å². The highest BCUT2D eigenvalue weighted by Gasteiger charge is 2.47. The molecule has 2 unspecified atom stereocenters. The fourth-order valence-corrected chi connectivity index (χ4v) is 5.59. The van der Waals surface area contributed by atoms with Gasteiger partial charge in [0.2, 0.25) is 11.8 Å². The zero-order valence-electron chi connectivity index (χ0n) is 27.0. The van der Waals surface area contributed by atoms with E-state index in [1.165, 1.54) is 0 Å². The van der Waals surface area contributed by atoms with Crippen LogP contribution in [0.15, 0.2) is 48.5 Å². The van der Waals surface area contributed by atoms with Gasteiger partial charge in [-0.1, -0.05) is 85.7 Å². The minimum Gasteiger partial charge on any atom is -0.497 e. The van der Waals surface area contributed by atoms with Crippen molar-refractivity contribution in [2.75, 3.05) is 14.2 Å². The first-order chi connectivity index (χ1) is 19.5. The summed E-state index contributed by atoms with van der Waals surface area (Å²) in [6.07, 6.45) is 0.367. The van der Waals surface area contributed by atoms with Crippen LogP contribution >= 0.6 is 0 Å². The minimum atomic E-state index is -1.02. The van der Waals surface area contributed by atoms with Gasteiger partial charge in [-0.3, -0.25) is 14.4 Å². The number of nitrogens with zero attached hydrogens (tertiary/aromatic N) is 1. The van der Waals surface area contributed by atoms with E-state index in [0.29, 0.717) is 30.0 Å². The Bertz CT molecular complexity index is 1200. The lowest BCUT2D eigenvalue weighted by Crippen LogP contribution is -2.58. The highest BCUT2D eigenvalue weighted by molar-refractivity contribution is 5.91. The molecule has 42 heavy (non-hydrogen) atoms. The second-order valence-electron chi connectivity index (χ2n) is 13.5. The number of benzene rings is 2. The van der Waals surface area contributed by atoms with Crippen LogP contribution in [0.5, 0.6) is 11.5 Å². The molecular formula is C34H50N2O6. The first-order valence-corrected chi connectivity index (χ1v) is 14.6. The molecule has 0 spiro atoms. The molecule has 2 amide bonds. The highest BCUT2D eigenvalue weighted by Crippen LogP contribution is 2.39. The van der Waals surface area contributed by atoms with E-state index in [1.807, 2.05) is 91.8 Å². The number of hydrogen-bond acceptors (Lipinski definition) is 5. The molecule has 8 nitrogen and oxygen atoms in total. The van der Waals surface area contributed by atoms with E-state index in [2.05, 4.69) is 5.32 Å². The molecule has 0 aromatic heterocycles. The number of amides is 2. The molecule has 0 aliphatic carbocycles. The van der Waals surface area contributed by atoms with Crippen LogP contribution in [-0.2, 0) is 27.5 Å². The van der Waals surface area contributed by atoms with Crippen molar-refractivity contribution in [2.24, 2.45) is 28.6 Å². The van der Waals surface area contributed by atoms with Gasteiger partial charge in [0.1, 0.15) is 17.5 Å². The summed E-state index contributed by atoms with van der Waals surface area (Å²) in [5, 5.41) is 13.4. The smallest absolute Gasteiger partial charge is 0.307 e. The maximum atomic E-state index is 14.8. The molecule has 0 aliphatic heterocycles. The van der Waals surface area contributed by atoms with Gasteiger partial charge >= 0.3 is 5.97 Å². The largest absolute Gasteiger partial charge is 0.497 e. The molecule has 3 atom stereocenters. The van der Waals surface area contributed by atoms with E-state index in [4.69, 9.17) is 9.47 Å². The highest BCUT2D eigenvalue weighted by atomic mass is 16.5. The first kappa shape index (κ1) is 34.7. The second-order valence-corrected chi connectivity index (χ2v) is 13.5. The molecule has 2 rings (SSSR count). The average Bonchev–Trinajstić information content (AvgIpc) is 2.89. The number of methoxy groups -OCH3 is 2. The molecule has 8 heteroatoms. The summed E-state index contributed by atoms with van der Waals surface area (Å²) in [6, 6.07) is 14.0. The number of hydrogen-bond donors (Lipinski definition) is 2. The van der Waals surface area contributed by atoms with Crippen molar-refractivity contribution in [1.82, 2.24) is 10.2 Å². The predicted octanol–water partition coefficient (Wildman–Crippen LogP) is 6.17. The molecular weight excluding hydrogens is 532 g/mol. The van der Waals surface area contributed by atoms with Gasteiger partial charge < -0.3 is 24.8 Å². The van der Waals surface area contributed by atoms with E-state index in [0.717, 1.165) is 5.56 Å². The predicted molar refractivity (Wildman–Crippen MR) is 165 cm³/mol. The third-order valence-electron chi connectivity index (χ3n) is 7.45. The third kappa shape index (κ3) is 9.23. The standard InChI is InChI=1S/C34H50N2O6/c1-22(2)18-26(28(32(39)40)33(3,4)5)31(38)36(21-24-16-17-25(41-9)19-27(24)42-10)29(34(6,7)8)30(37)35-20-23-14-12-11-13-15-23/h11-17,19,22,26,28-29H,18,20-21H2,1-10H3,(H,35,37)(H,39,40)/t26-,28?,29?/m1/s1. The lowest BCUT2D eigenvalue weighted by atomic mass is 9.69. The van der Waals surface area contributed by atoms with Crippen molar-refractivity contribution >= 4 is 17.8 Å². The number of nitrogens with one attached hydrogen (secondary N) is 1. The SMILES string of the molecule is COc1ccc(CN(C(=O)[C@H](CC(C)C)C(C(=O)O)C(C)(C)C)C(C(=O)NCc2ccccc2)C(C)(C)C)c(OC)c1. The quantitative estimate of drug-likeness (QED) is 0.293. The Morgan fingerprint density at radius 1 is 0.905 bits per heavy atom. The Hall–Kier alpha value is -3.55. The molecule has 0 saturated carbocycles. The molecule has 0 bridgehead atoms. The molecule has 0 heterocycles. The van der Waals surface area contributed by atoms with Gasteiger partial charge in [0.15, 0.2) is 0 Å².